The predicted molar refractivity (Wildman–Crippen MR) is 60.7 cm³/mol. The number of hydrogen-bond acceptors (Lipinski definition) is 3. The molecule has 1 saturated heterocycles. The number of hydrogen-bond donors (Lipinski definition) is 2. The lowest BCUT2D eigenvalue weighted by Crippen LogP contribution is -2.42. The van der Waals surface area contributed by atoms with E-state index in [0.717, 1.165) is 0 Å². The van der Waals surface area contributed by atoms with Crippen LogP contribution in [0.15, 0.2) is 18.2 Å². The number of rotatable bonds is 2. The summed E-state index contributed by atoms with van der Waals surface area (Å²) in [5, 5.41) is 11.0. The van der Waals surface area contributed by atoms with E-state index >= 15 is 0 Å². The molecule has 2 rings (SSSR count). The summed E-state index contributed by atoms with van der Waals surface area (Å²) in [6.45, 7) is 0. The fourth-order valence-electron chi connectivity index (χ4n) is 1.74. The smallest absolute Gasteiger partial charge is 0.320 e. The van der Waals surface area contributed by atoms with Crippen LogP contribution in [0.25, 0.3) is 0 Å². The number of aliphatic carboxylic acids is 1. The molecule has 1 aliphatic rings. The second-order valence-electron chi connectivity index (χ2n) is 3.73. The molecule has 2 N–H and O–H groups in total. The molecule has 0 aromatic heterocycles. The molecule has 0 aliphatic carbocycles. The number of benzene rings is 1. The minimum atomic E-state index is -0.993. The van der Waals surface area contributed by atoms with Crippen LogP contribution >= 0.6 is 11.8 Å². The molecule has 0 amide bonds. The molecule has 17 heavy (non-hydrogen) atoms. The van der Waals surface area contributed by atoms with Gasteiger partial charge in [-0.2, -0.15) is 0 Å². The van der Waals surface area contributed by atoms with Crippen LogP contribution in [-0.4, -0.2) is 22.9 Å². The number of carbonyl (C=O) groups is 1. The van der Waals surface area contributed by atoms with Crippen LogP contribution in [0.5, 0.6) is 0 Å². The Bertz CT molecular complexity index is 421. The Morgan fingerprint density at radius 1 is 1.41 bits per heavy atom. The number of carboxylic acid groups (broad SMARTS) is 1. The summed E-state index contributed by atoms with van der Waals surface area (Å²) in [5.41, 5.74) is -0.0940. The Morgan fingerprint density at radius 2 is 2.06 bits per heavy atom. The third-order valence-corrected chi connectivity index (χ3v) is 3.78. The molecule has 0 saturated carbocycles. The first-order valence-electron chi connectivity index (χ1n) is 5.14. The quantitative estimate of drug-likeness (QED) is 0.854. The van der Waals surface area contributed by atoms with Gasteiger partial charge in [-0.15, -0.1) is 11.8 Å². The number of thioether (sulfide) groups is 1. The zero-order valence-electron chi connectivity index (χ0n) is 8.82. The zero-order chi connectivity index (χ0) is 12.4. The molecule has 3 nitrogen and oxygen atoms in total. The van der Waals surface area contributed by atoms with E-state index in [2.05, 4.69) is 5.32 Å². The van der Waals surface area contributed by atoms with Crippen molar-refractivity contribution in [3.05, 3.63) is 35.4 Å². The molecule has 2 atom stereocenters. The summed E-state index contributed by atoms with van der Waals surface area (Å²) in [4.78, 5) is 10.8. The van der Waals surface area contributed by atoms with Gasteiger partial charge < -0.3 is 5.11 Å². The van der Waals surface area contributed by atoms with Crippen molar-refractivity contribution in [2.75, 3.05) is 5.75 Å². The van der Waals surface area contributed by atoms with Crippen molar-refractivity contribution >= 4 is 17.7 Å². The molecule has 1 aromatic rings. The minimum absolute atomic E-state index is 0.0940. The van der Waals surface area contributed by atoms with E-state index in [9.17, 15) is 13.6 Å². The lowest BCUT2D eigenvalue weighted by Gasteiger charge is -2.28. The maximum absolute atomic E-state index is 13.5. The zero-order valence-corrected chi connectivity index (χ0v) is 9.64. The van der Waals surface area contributed by atoms with Crippen LogP contribution in [-0.2, 0) is 4.79 Å². The number of nitrogens with one attached hydrogen (secondary N) is 1. The van der Waals surface area contributed by atoms with Gasteiger partial charge in [-0.25, -0.2) is 8.78 Å². The molecule has 1 aromatic carbocycles. The van der Waals surface area contributed by atoms with Gasteiger partial charge in [0.2, 0.25) is 0 Å². The summed E-state index contributed by atoms with van der Waals surface area (Å²) < 4.78 is 27.0. The Hall–Kier alpha value is -1.14. The molecule has 1 aliphatic heterocycles. The van der Waals surface area contributed by atoms with Crippen molar-refractivity contribution in [2.45, 2.75) is 17.8 Å². The van der Waals surface area contributed by atoms with Crippen molar-refractivity contribution in [3.63, 3.8) is 0 Å². The monoisotopic (exact) mass is 259 g/mol. The highest BCUT2D eigenvalue weighted by molar-refractivity contribution is 7.99. The van der Waals surface area contributed by atoms with Crippen LogP contribution in [0.1, 0.15) is 17.4 Å². The summed E-state index contributed by atoms with van der Waals surface area (Å²) in [5.74, 6) is -1.74. The second-order valence-corrected chi connectivity index (χ2v) is 4.95. The molecular weight excluding hydrogens is 248 g/mol. The Labute approximate surface area is 101 Å². The summed E-state index contributed by atoms with van der Waals surface area (Å²) in [6.07, 6.45) is 0.451. The average molecular weight is 259 g/mol. The number of carboxylic acids is 1. The summed E-state index contributed by atoms with van der Waals surface area (Å²) in [6, 6.07) is 2.88. The number of halogens is 2. The highest BCUT2D eigenvalue weighted by Gasteiger charge is 2.30. The first-order valence-corrected chi connectivity index (χ1v) is 6.19. The van der Waals surface area contributed by atoms with Gasteiger partial charge in [0.05, 0.1) is 10.9 Å². The Kier molecular flexibility index (Phi) is 3.63. The van der Waals surface area contributed by atoms with Gasteiger partial charge in [0.15, 0.2) is 0 Å². The Morgan fingerprint density at radius 3 is 2.65 bits per heavy atom. The van der Waals surface area contributed by atoms with Crippen LogP contribution in [0.3, 0.4) is 0 Å². The molecule has 6 heteroatoms. The second kappa shape index (κ2) is 5.01. The van der Waals surface area contributed by atoms with E-state index < -0.39 is 29.0 Å². The summed E-state index contributed by atoms with van der Waals surface area (Å²) in [7, 11) is 0. The molecule has 0 bridgehead atoms. The van der Waals surface area contributed by atoms with Crippen molar-refractivity contribution in [1.82, 2.24) is 5.32 Å². The van der Waals surface area contributed by atoms with Gasteiger partial charge in [-0.1, -0.05) is 6.07 Å². The summed E-state index contributed by atoms with van der Waals surface area (Å²) >= 11 is 1.31. The Balaban J connectivity index is 2.25. The molecule has 1 heterocycles. The lowest BCUT2D eigenvalue weighted by molar-refractivity contribution is -0.139. The van der Waals surface area contributed by atoms with E-state index in [1.807, 2.05) is 0 Å². The van der Waals surface area contributed by atoms with Gasteiger partial charge in [-0.05, 0) is 24.3 Å². The van der Waals surface area contributed by atoms with Crippen molar-refractivity contribution in [3.8, 4) is 0 Å². The fraction of sp³-hybridized carbons (Fsp3) is 0.364. The average Bonchev–Trinajstić information content (AvgIpc) is 2.29. The van der Waals surface area contributed by atoms with E-state index in [1.54, 1.807) is 0 Å². The maximum Gasteiger partial charge on any atom is 0.320 e. The molecular formula is C11H11F2NO2S. The molecule has 2 unspecified atom stereocenters. The van der Waals surface area contributed by atoms with E-state index in [4.69, 9.17) is 5.11 Å². The third-order valence-electron chi connectivity index (χ3n) is 2.60. The van der Waals surface area contributed by atoms with Gasteiger partial charge in [-0.3, -0.25) is 10.1 Å². The SMILES string of the molecule is O=C(O)C1CCSC(c2c(F)cccc2F)N1. The highest BCUT2D eigenvalue weighted by Crippen LogP contribution is 2.34. The third kappa shape index (κ3) is 2.58. The van der Waals surface area contributed by atoms with Crippen LogP contribution in [0.2, 0.25) is 0 Å². The fourth-order valence-corrected chi connectivity index (χ4v) is 3.00. The largest absolute Gasteiger partial charge is 0.480 e. The van der Waals surface area contributed by atoms with Crippen molar-refractivity contribution in [1.29, 1.82) is 0 Å². The van der Waals surface area contributed by atoms with Gasteiger partial charge in [0.1, 0.15) is 17.7 Å². The van der Waals surface area contributed by atoms with Gasteiger partial charge in [0, 0.05) is 0 Å². The van der Waals surface area contributed by atoms with E-state index in [1.165, 1.54) is 30.0 Å². The van der Waals surface area contributed by atoms with Crippen LogP contribution in [0.4, 0.5) is 8.78 Å². The highest BCUT2D eigenvalue weighted by atomic mass is 32.2. The predicted octanol–water partition coefficient (Wildman–Crippen LogP) is 2.14. The standard InChI is InChI=1S/C11H11F2NO2S/c12-6-2-1-3-7(13)9(6)10-14-8(11(15)16)4-5-17-10/h1-3,8,10,14H,4-5H2,(H,15,16). The normalized spacial score (nSPS) is 24.6. The molecule has 0 spiro atoms. The maximum atomic E-state index is 13.5. The topological polar surface area (TPSA) is 49.3 Å². The van der Waals surface area contributed by atoms with Crippen molar-refractivity contribution < 1.29 is 18.7 Å². The van der Waals surface area contributed by atoms with Crippen LogP contribution in [0, 0.1) is 11.6 Å². The van der Waals surface area contributed by atoms with E-state index in [0.29, 0.717) is 12.2 Å². The van der Waals surface area contributed by atoms with Gasteiger partial charge >= 0.3 is 5.97 Å². The van der Waals surface area contributed by atoms with Gasteiger partial charge in [0.25, 0.3) is 0 Å². The van der Waals surface area contributed by atoms with Crippen molar-refractivity contribution in [2.24, 2.45) is 0 Å². The molecule has 0 radical (unpaired) electrons. The molecule has 1 fully saturated rings. The lowest BCUT2D eigenvalue weighted by atomic mass is 10.1. The first kappa shape index (κ1) is 12.3. The molecule has 92 valence electrons. The van der Waals surface area contributed by atoms with E-state index in [-0.39, 0.29) is 5.56 Å². The first-order chi connectivity index (χ1) is 8.09. The minimum Gasteiger partial charge on any atom is -0.480 e. The van der Waals surface area contributed by atoms with Crippen LogP contribution < -0.4 is 5.32 Å².